The fraction of sp³-hybridized carbons (Fsp3) is 0.308. The number of benzene rings is 1. The molecule has 1 heterocycles. The summed E-state index contributed by atoms with van der Waals surface area (Å²) in [5.74, 6) is -0.481. The quantitative estimate of drug-likeness (QED) is 0.799. The Morgan fingerprint density at radius 2 is 1.95 bits per heavy atom. The van der Waals surface area contributed by atoms with E-state index in [0.717, 1.165) is 0 Å². The van der Waals surface area contributed by atoms with Crippen molar-refractivity contribution >= 4 is 23.4 Å². The van der Waals surface area contributed by atoms with E-state index in [1.54, 1.807) is 24.3 Å². The monoisotopic (exact) mass is 261 g/mol. The van der Waals surface area contributed by atoms with Crippen molar-refractivity contribution in [3.05, 3.63) is 29.8 Å². The van der Waals surface area contributed by atoms with E-state index in [0.29, 0.717) is 24.3 Å². The lowest BCUT2D eigenvalue weighted by molar-refractivity contribution is -0.123. The first-order valence-electron chi connectivity index (χ1n) is 6.00. The highest BCUT2D eigenvalue weighted by atomic mass is 16.2. The van der Waals surface area contributed by atoms with Crippen molar-refractivity contribution in [3.8, 4) is 0 Å². The van der Waals surface area contributed by atoms with Gasteiger partial charge < -0.3 is 15.5 Å². The van der Waals surface area contributed by atoms with Gasteiger partial charge in [0.15, 0.2) is 0 Å². The Labute approximate surface area is 110 Å². The number of amides is 3. The maximum absolute atomic E-state index is 12.1. The van der Waals surface area contributed by atoms with E-state index in [1.807, 2.05) is 0 Å². The van der Waals surface area contributed by atoms with Gasteiger partial charge in [-0.3, -0.25) is 14.4 Å². The molecule has 1 aliphatic rings. The zero-order valence-electron chi connectivity index (χ0n) is 10.6. The van der Waals surface area contributed by atoms with E-state index in [1.165, 1.54) is 11.8 Å². The normalized spacial score (nSPS) is 14.8. The van der Waals surface area contributed by atoms with Gasteiger partial charge in [0.1, 0.15) is 0 Å². The summed E-state index contributed by atoms with van der Waals surface area (Å²) in [7, 11) is 0. The summed E-state index contributed by atoms with van der Waals surface area (Å²) in [5.41, 5.74) is 1.14. The minimum absolute atomic E-state index is 0.0896. The number of carbonyl (C=O) groups is 3. The molecule has 0 radical (unpaired) electrons. The van der Waals surface area contributed by atoms with Crippen LogP contribution in [0.25, 0.3) is 0 Å². The molecule has 1 fully saturated rings. The Balaban J connectivity index is 2.06. The van der Waals surface area contributed by atoms with Gasteiger partial charge in [-0.05, 0) is 24.3 Å². The summed E-state index contributed by atoms with van der Waals surface area (Å²) in [4.78, 5) is 35.8. The molecule has 6 nitrogen and oxygen atoms in total. The first-order chi connectivity index (χ1) is 9.06. The zero-order valence-corrected chi connectivity index (χ0v) is 10.6. The fourth-order valence-electron chi connectivity index (χ4n) is 1.89. The number of hydrogen-bond donors (Lipinski definition) is 2. The molecule has 6 heteroatoms. The Hall–Kier alpha value is -2.37. The molecule has 0 bridgehead atoms. The van der Waals surface area contributed by atoms with Crippen LogP contribution in [0.15, 0.2) is 24.3 Å². The highest BCUT2D eigenvalue weighted by Gasteiger charge is 2.21. The van der Waals surface area contributed by atoms with Gasteiger partial charge in [-0.2, -0.15) is 0 Å². The molecule has 2 rings (SSSR count). The van der Waals surface area contributed by atoms with E-state index >= 15 is 0 Å². The number of piperazine rings is 1. The molecular weight excluding hydrogens is 246 g/mol. The Morgan fingerprint density at radius 1 is 1.26 bits per heavy atom. The molecular formula is C13H15N3O3. The number of anilines is 1. The Kier molecular flexibility index (Phi) is 3.79. The molecule has 2 N–H and O–H groups in total. The summed E-state index contributed by atoms with van der Waals surface area (Å²) in [5, 5.41) is 5.30. The van der Waals surface area contributed by atoms with Crippen molar-refractivity contribution in [3.63, 3.8) is 0 Å². The second kappa shape index (κ2) is 5.51. The van der Waals surface area contributed by atoms with E-state index in [9.17, 15) is 14.4 Å². The van der Waals surface area contributed by atoms with Crippen LogP contribution in [0.2, 0.25) is 0 Å². The number of nitrogens with one attached hydrogen (secondary N) is 2. The lowest BCUT2D eigenvalue weighted by atomic mass is 10.1. The van der Waals surface area contributed by atoms with Crippen LogP contribution in [0.1, 0.15) is 17.3 Å². The van der Waals surface area contributed by atoms with Gasteiger partial charge in [-0.1, -0.05) is 0 Å². The topological polar surface area (TPSA) is 78.5 Å². The molecule has 100 valence electrons. The summed E-state index contributed by atoms with van der Waals surface area (Å²) < 4.78 is 0. The third kappa shape index (κ3) is 3.31. The average Bonchev–Trinajstić information content (AvgIpc) is 2.38. The summed E-state index contributed by atoms with van der Waals surface area (Å²) in [6.45, 7) is 2.50. The van der Waals surface area contributed by atoms with E-state index in [2.05, 4.69) is 10.6 Å². The van der Waals surface area contributed by atoms with Gasteiger partial charge in [0.2, 0.25) is 11.8 Å². The maximum atomic E-state index is 12.1. The third-order valence-electron chi connectivity index (χ3n) is 2.78. The largest absolute Gasteiger partial charge is 0.353 e. The zero-order chi connectivity index (χ0) is 13.8. The van der Waals surface area contributed by atoms with E-state index in [-0.39, 0.29) is 24.3 Å². The number of rotatable bonds is 2. The Morgan fingerprint density at radius 3 is 2.53 bits per heavy atom. The van der Waals surface area contributed by atoms with Gasteiger partial charge in [-0.15, -0.1) is 0 Å². The van der Waals surface area contributed by atoms with Crippen LogP contribution in [0.3, 0.4) is 0 Å². The van der Waals surface area contributed by atoms with Crippen LogP contribution in [-0.4, -0.2) is 42.3 Å². The lowest BCUT2D eigenvalue weighted by Crippen LogP contribution is -2.49. The molecule has 1 aliphatic heterocycles. The van der Waals surface area contributed by atoms with Gasteiger partial charge in [0, 0.05) is 31.3 Å². The van der Waals surface area contributed by atoms with E-state index in [4.69, 9.17) is 0 Å². The molecule has 1 aromatic rings. The summed E-state index contributed by atoms with van der Waals surface area (Å²) >= 11 is 0. The van der Waals surface area contributed by atoms with E-state index < -0.39 is 0 Å². The summed E-state index contributed by atoms with van der Waals surface area (Å²) in [6, 6.07) is 6.61. The minimum atomic E-state index is -0.177. The first-order valence-corrected chi connectivity index (χ1v) is 6.00. The second-order valence-electron chi connectivity index (χ2n) is 4.34. The highest BCUT2D eigenvalue weighted by molar-refractivity contribution is 5.97. The van der Waals surface area contributed by atoms with Crippen LogP contribution in [-0.2, 0) is 9.59 Å². The van der Waals surface area contributed by atoms with Crippen molar-refractivity contribution in [1.82, 2.24) is 10.2 Å². The van der Waals surface area contributed by atoms with Crippen molar-refractivity contribution in [2.45, 2.75) is 6.92 Å². The predicted octanol–water partition coefficient (Wildman–Crippen LogP) is 0.217. The van der Waals surface area contributed by atoms with Gasteiger partial charge in [0.25, 0.3) is 5.91 Å². The van der Waals surface area contributed by atoms with Crippen LogP contribution in [0, 0.1) is 0 Å². The molecule has 19 heavy (non-hydrogen) atoms. The van der Waals surface area contributed by atoms with Crippen LogP contribution >= 0.6 is 0 Å². The van der Waals surface area contributed by atoms with Crippen LogP contribution in [0.5, 0.6) is 0 Å². The predicted molar refractivity (Wildman–Crippen MR) is 69.7 cm³/mol. The van der Waals surface area contributed by atoms with Gasteiger partial charge >= 0.3 is 0 Å². The summed E-state index contributed by atoms with van der Waals surface area (Å²) in [6.07, 6.45) is 0. The van der Waals surface area contributed by atoms with Gasteiger partial charge in [-0.25, -0.2) is 0 Å². The SMILES string of the molecule is CC(=O)Nc1ccc(C(=O)N2CCNC(=O)C2)cc1. The standard InChI is InChI=1S/C13H15N3O3/c1-9(17)15-11-4-2-10(3-5-11)13(19)16-7-6-14-12(18)8-16/h2-5H,6-8H2,1H3,(H,14,18)(H,15,17). The minimum Gasteiger partial charge on any atom is -0.353 e. The molecule has 1 aromatic carbocycles. The second-order valence-corrected chi connectivity index (χ2v) is 4.34. The third-order valence-corrected chi connectivity index (χ3v) is 2.78. The smallest absolute Gasteiger partial charge is 0.254 e. The van der Waals surface area contributed by atoms with Crippen LogP contribution < -0.4 is 10.6 Å². The van der Waals surface area contributed by atoms with Crippen molar-refractivity contribution in [2.75, 3.05) is 25.0 Å². The van der Waals surface area contributed by atoms with Crippen LogP contribution in [0.4, 0.5) is 5.69 Å². The maximum Gasteiger partial charge on any atom is 0.254 e. The van der Waals surface area contributed by atoms with Crippen molar-refractivity contribution in [1.29, 1.82) is 0 Å². The first kappa shape index (κ1) is 13.1. The molecule has 0 unspecified atom stereocenters. The number of carbonyl (C=O) groups excluding carboxylic acids is 3. The molecule has 3 amide bonds. The molecule has 0 saturated carbocycles. The lowest BCUT2D eigenvalue weighted by Gasteiger charge is -2.26. The molecule has 0 atom stereocenters. The number of nitrogens with zero attached hydrogens (tertiary/aromatic N) is 1. The molecule has 0 aliphatic carbocycles. The Bertz CT molecular complexity index is 510. The van der Waals surface area contributed by atoms with Crippen molar-refractivity contribution in [2.24, 2.45) is 0 Å². The molecule has 0 aromatic heterocycles. The molecule has 1 saturated heterocycles. The fourth-order valence-corrected chi connectivity index (χ4v) is 1.89. The molecule has 0 spiro atoms. The number of hydrogen-bond acceptors (Lipinski definition) is 3. The highest BCUT2D eigenvalue weighted by Crippen LogP contribution is 2.12. The van der Waals surface area contributed by atoms with Crippen molar-refractivity contribution < 1.29 is 14.4 Å². The average molecular weight is 261 g/mol. The van der Waals surface area contributed by atoms with Gasteiger partial charge in [0.05, 0.1) is 6.54 Å².